The van der Waals surface area contributed by atoms with Gasteiger partial charge in [0.2, 0.25) is 0 Å². The maximum Gasteiger partial charge on any atom is -0.0328 e. The Morgan fingerprint density at radius 2 is 1.81 bits per heavy atom. The molecule has 124 valence electrons. The van der Waals surface area contributed by atoms with E-state index in [0.29, 0.717) is 5.41 Å². The van der Waals surface area contributed by atoms with Gasteiger partial charge in [0, 0.05) is 0 Å². The zero-order chi connectivity index (χ0) is 16.0. The van der Waals surface area contributed by atoms with Crippen LogP contribution in [-0.4, -0.2) is 0 Å². The van der Waals surface area contributed by atoms with Gasteiger partial charge in [-0.2, -0.15) is 0 Å². The Kier molecular flexibility index (Phi) is 7.51. The summed E-state index contributed by atoms with van der Waals surface area (Å²) in [5.74, 6) is 4.75. The van der Waals surface area contributed by atoms with Gasteiger partial charge < -0.3 is 0 Å². The maximum atomic E-state index is 3.87. The Morgan fingerprint density at radius 3 is 2.33 bits per heavy atom. The molecule has 4 atom stereocenters. The largest absolute Gasteiger partial charge is 0.103 e. The van der Waals surface area contributed by atoms with Gasteiger partial charge in [0.05, 0.1) is 0 Å². The molecule has 0 aromatic heterocycles. The minimum Gasteiger partial charge on any atom is -0.103 e. The third kappa shape index (κ3) is 6.17. The molecule has 1 saturated carbocycles. The lowest BCUT2D eigenvalue weighted by Crippen LogP contribution is -2.17. The van der Waals surface area contributed by atoms with E-state index in [2.05, 4.69) is 54.2 Å². The SMILES string of the molecule is C=CCC(C)CCC(C)(C)CC1CC1C(C)C(CC)CC. The van der Waals surface area contributed by atoms with Crippen LogP contribution in [0.25, 0.3) is 0 Å². The first-order chi connectivity index (χ1) is 9.84. The molecule has 1 aliphatic rings. The molecule has 0 N–H and O–H groups in total. The Balaban J connectivity index is 2.35. The Hall–Kier alpha value is -0.260. The molecule has 4 unspecified atom stereocenters. The topological polar surface area (TPSA) is 0 Å². The third-order valence-electron chi connectivity index (χ3n) is 6.14. The van der Waals surface area contributed by atoms with E-state index in [9.17, 15) is 0 Å². The van der Waals surface area contributed by atoms with Gasteiger partial charge in [-0.25, -0.2) is 0 Å². The molecular weight excluding hydrogens is 252 g/mol. The molecule has 0 aromatic rings. The summed E-state index contributed by atoms with van der Waals surface area (Å²) in [6.45, 7) is 18.5. The van der Waals surface area contributed by atoms with Crippen molar-refractivity contribution in [1.82, 2.24) is 0 Å². The second-order valence-corrected chi connectivity index (χ2v) is 8.63. The van der Waals surface area contributed by atoms with Crippen LogP contribution in [-0.2, 0) is 0 Å². The van der Waals surface area contributed by atoms with Crippen LogP contribution in [0.15, 0.2) is 12.7 Å². The van der Waals surface area contributed by atoms with Gasteiger partial charge in [0.15, 0.2) is 0 Å². The fraction of sp³-hybridized carbons (Fsp3) is 0.905. The van der Waals surface area contributed by atoms with Crippen molar-refractivity contribution < 1.29 is 0 Å². The molecule has 0 radical (unpaired) electrons. The van der Waals surface area contributed by atoms with Crippen molar-refractivity contribution in [3.63, 3.8) is 0 Å². The number of allylic oxidation sites excluding steroid dienone is 1. The normalized spacial score (nSPS) is 24.9. The zero-order valence-electron chi connectivity index (χ0n) is 15.6. The van der Waals surface area contributed by atoms with E-state index in [-0.39, 0.29) is 0 Å². The smallest absolute Gasteiger partial charge is 0.0328 e. The molecule has 0 heteroatoms. The Bertz CT molecular complexity index is 297. The van der Waals surface area contributed by atoms with Crippen molar-refractivity contribution in [2.24, 2.45) is 35.0 Å². The number of hydrogen-bond donors (Lipinski definition) is 0. The summed E-state index contributed by atoms with van der Waals surface area (Å²) in [5, 5.41) is 0. The molecule has 0 bridgehead atoms. The van der Waals surface area contributed by atoms with Gasteiger partial charge in [0.1, 0.15) is 0 Å². The Morgan fingerprint density at radius 1 is 1.19 bits per heavy atom. The van der Waals surface area contributed by atoms with Gasteiger partial charge >= 0.3 is 0 Å². The highest BCUT2D eigenvalue weighted by Crippen LogP contribution is 2.53. The molecule has 21 heavy (non-hydrogen) atoms. The van der Waals surface area contributed by atoms with E-state index in [1.807, 2.05) is 0 Å². The van der Waals surface area contributed by atoms with Gasteiger partial charge in [-0.05, 0) is 67.1 Å². The average Bonchev–Trinajstić information content (AvgIpc) is 3.16. The minimum atomic E-state index is 0.530. The second kappa shape index (κ2) is 8.39. The third-order valence-corrected chi connectivity index (χ3v) is 6.14. The molecule has 0 heterocycles. The summed E-state index contributed by atoms with van der Waals surface area (Å²) in [7, 11) is 0. The molecule has 0 nitrogen and oxygen atoms in total. The van der Waals surface area contributed by atoms with Crippen LogP contribution in [0.5, 0.6) is 0 Å². The van der Waals surface area contributed by atoms with E-state index >= 15 is 0 Å². The fourth-order valence-corrected chi connectivity index (χ4v) is 4.38. The monoisotopic (exact) mass is 292 g/mol. The number of hydrogen-bond acceptors (Lipinski definition) is 0. The van der Waals surface area contributed by atoms with E-state index in [1.54, 1.807) is 0 Å². The van der Waals surface area contributed by atoms with Gasteiger partial charge in [0.25, 0.3) is 0 Å². The quantitative estimate of drug-likeness (QED) is 0.356. The van der Waals surface area contributed by atoms with Crippen LogP contribution in [0.1, 0.15) is 86.5 Å². The number of rotatable bonds is 11. The van der Waals surface area contributed by atoms with Crippen LogP contribution in [0.2, 0.25) is 0 Å². The summed E-state index contributed by atoms with van der Waals surface area (Å²) in [6.07, 6.45) is 11.7. The van der Waals surface area contributed by atoms with Gasteiger partial charge in [-0.1, -0.05) is 60.5 Å². The van der Waals surface area contributed by atoms with Crippen molar-refractivity contribution in [3.05, 3.63) is 12.7 Å². The van der Waals surface area contributed by atoms with Crippen LogP contribution < -0.4 is 0 Å². The average molecular weight is 293 g/mol. The first kappa shape index (κ1) is 18.8. The summed E-state index contributed by atoms with van der Waals surface area (Å²) >= 11 is 0. The molecule has 1 fully saturated rings. The second-order valence-electron chi connectivity index (χ2n) is 8.63. The van der Waals surface area contributed by atoms with Crippen molar-refractivity contribution in [3.8, 4) is 0 Å². The molecule has 0 spiro atoms. The van der Waals surface area contributed by atoms with Crippen molar-refractivity contribution in [2.75, 3.05) is 0 Å². The standard InChI is InChI=1S/C21H40/c1-8-11-16(4)12-13-21(6,7)15-19-14-20(19)17(5)18(9-2)10-3/h8,16-20H,1,9-15H2,2-7H3. The molecule has 0 aliphatic heterocycles. The molecule has 0 amide bonds. The Labute approximate surface area is 134 Å². The lowest BCUT2D eigenvalue weighted by atomic mass is 9.78. The van der Waals surface area contributed by atoms with Crippen LogP contribution in [0.3, 0.4) is 0 Å². The fourth-order valence-electron chi connectivity index (χ4n) is 4.38. The van der Waals surface area contributed by atoms with Crippen molar-refractivity contribution in [1.29, 1.82) is 0 Å². The summed E-state index contributed by atoms with van der Waals surface area (Å²) in [5.41, 5.74) is 0.530. The predicted octanol–water partition coefficient (Wildman–Crippen LogP) is 7.10. The van der Waals surface area contributed by atoms with Crippen molar-refractivity contribution >= 4 is 0 Å². The van der Waals surface area contributed by atoms with E-state index in [0.717, 1.165) is 29.6 Å². The van der Waals surface area contributed by atoms with Crippen LogP contribution in [0, 0.1) is 35.0 Å². The highest BCUT2D eigenvalue weighted by Gasteiger charge is 2.44. The maximum absolute atomic E-state index is 3.87. The molecule has 1 aliphatic carbocycles. The predicted molar refractivity (Wildman–Crippen MR) is 96.4 cm³/mol. The molecule has 0 saturated heterocycles. The molecule has 0 aromatic carbocycles. The zero-order valence-corrected chi connectivity index (χ0v) is 15.6. The van der Waals surface area contributed by atoms with E-state index in [4.69, 9.17) is 0 Å². The van der Waals surface area contributed by atoms with E-state index < -0.39 is 0 Å². The van der Waals surface area contributed by atoms with Crippen LogP contribution in [0.4, 0.5) is 0 Å². The first-order valence-electron chi connectivity index (χ1n) is 9.45. The summed E-state index contributed by atoms with van der Waals surface area (Å²) < 4.78 is 0. The summed E-state index contributed by atoms with van der Waals surface area (Å²) in [4.78, 5) is 0. The van der Waals surface area contributed by atoms with Crippen molar-refractivity contribution in [2.45, 2.75) is 86.5 Å². The first-order valence-corrected chi connectivity index (χ1v) is 9.45. The summed E-state index contributed by atoms with van der Waals surface area (Å²) in [6, 6.07) is 0. The highest BCUT2D eigenvalue weighted by molar-refractivity contribution is 4.94. The van der Waals surface area contributed by atoms with Crippen LogP contribution >= 0.6 is 0 Å². The lowest BCUT2D eigenvalue weighted by molar-refractivity contribution is 0.235. The minimum absolute atomic E-state index is 0.530. The lowest BCUT2D eigenvalue weighted by Gasteiger charge is -2.27. The van der Waals surface area contributed by atoms with Gasteiger partial charge in [-0.3, -0.25) is 0 Å². The highest BCUT2D eigenvalue weighted by atomic mass is 14.5. The molecule has 1 rings (SSSR count). The molecular formula is C21H40. The van der Waals surface area contributed by atoms with Gasteiger partial charge in [-0.15, -0.1) is 6.58 Å². The van der Waals surface area contributed by atoms with E-state index in [1.165, 1.54) is 44.9 Å².